The van der Waals surface area contributed by atoms with Crippen molar-refractivity contribution in [1.82, 2.24) is 14.9 Å². The minimum atomic E-state index is -3.58. The molecule has 2 N–H and O–H groups in total. The number of rotatable bonds is 11. The molecule has 1 aromatic rings. The van der Waals surface area contributed by atoms with Gasteiger partial charge in [-0.3, -0.25) is 9.69 Å². The second-order valence-corrected chi connectivity index (χ2v) is 7.72. The predicted octanol–water partition coefficient (Wildman–Crippen LogP) is -0.561. The molecule has 1 saturated heterocycles. The molecule has 0 saturated carbocycles. The summed E-state index contributed by atoms with van der Waals surface area (Å²) in [6, 6.07) is 5.90. The van der Waals surface area contributed by atoms with Crippen LogP contribution in [0.3, 0.4) is 0 Å². The highest BCUT2D eigenvalue weighted by Gasteiger charge is 2.14. The molecule has 1 aliphatic rings. The minimum absolute atomic E-state index is 0.124. The van der Waals surface area contributed by atoms with Crippen LogP contribution in [0.4, 0.5) is 0 Å². The molecule has 9 nitrogen and oxygen atoms in total. The number of hydrogen-bond acceptors (Lipinski definition) is 7. The van der Waals surface area contributed by atoms with E-state index in [-0.39, 0.29) is 24.0 Å². The Balaban J connectivity index is 1.70. The largest absolute Gasteiger partial charge is 0.484 e. The monoisotopic (exact) mass is 401 g/mol. The number of ether oxygens (including phenoxy) is 3. The summed E-state index contributed by atoms with van der Waals surface area (Å²) >= 11 is 0. The van der Waals surface area contributed by atoms with Crippen LogP contribution in [0, 0.1) is 0 Å². The van der Waals surface area contributed by atoms with Gasteiger partial charge in [-0.15, -0.1) is 0 Å². The molecule has 0 unspecified atom stereocenters. The van der Waals surface area contributed by atoms with Gasteiger partial charge in [0.2, 0.25) is 10.0 Å². The van der Waals surface area contributed by atoms with Crippen LogP contribution in [0.5, 0.6) is 5.75 Å². The van der Waals surface area contributed by atoms with E-state index in [1.54, 1.807) is 0 Å². The zero-order chi connectivity index (χ0) is 19.5. The van der Waals surface area contributed by atoms with Gasteiger partial charge >= 0.3 is 0 Å². The van der Waals surface area contributed by atoms with E-state index >= 15 is 0 Å². The smallest absolute Gasteiger partial charge is 0.257 e. The van der Waals surface area contributed by atoms with Crippen molar-refractivity contribution in [2.45, 2.75) is 4.90 Å². The molecule has 2 rings (SSSR count). The third-order valence-electron chi connectivity index (χ3n) is 3.96. The van der Waals surface area contributed by atoms with Crippen LogP contribution in [0.15, 0.2) is 29.2 Å². The summed E-state index contributed by atoms with van der Waals surface area (Å²) in [5.41, 5.74) is 0. The maximum absolute atomic E-state index is 12.0. The Morgan fingerprint density at radius 3 is 2.56 bits per heavy atom. The van der Waals surface area contributed by atoms with Gasteiger partial charge in [-0.25, -0.2) is 13.1 Å². The number of benzene rings is 1. The third kappa shape index (κ3) is 7.81. The van der Waals surface area contributed by atoms with Gasteiger partial charge in [-0.2, -0.15) is 0 Å². The Kier molecular flexibility index (Phi) is 8.95. The third-order valence-corrected chi connectivity index (χ3v) is 5.43. The topological polar surface area (TPSA) is 106 Å². The number of amides is 1. The molecule has 0 spiro atoms. The van der Waals surface area contributed by atoms with Gasteiger partial charge < -0.3 is 19.5 Å². The lowest BCUT2D eigenvalue weighted by Crippen LogP contribution is -2.42. The average molecular weight is 401 g/mol. The average Bonchev–Trinajstić information content (AvgIpc) is 2.68. The van der Waals surface area contributed by atoms with E-state index in [0.29, 0.717) is 18.9 Å². The summed E-state index contributed by atoms with van der Waals surface area (Å²) in [5.74, 6) is 0.204. The van der Waals surface area contributed by atoms with E-state index in [9.17, 15) is 13.2 Å². The zero-order valence-corrected chi connectivity index (χ0v) is 16.3. The second kappa shape index (κ2) is 11.2. The molecular weight excluding hydrogens is 374 g/mol. The molecule has 1 aromatic carbocycles. The van der Waals surface area contributed by atoms with E-state index in [4.69, 9.17) is 14.2 Å². The molecular formula is C17H27N3O6S. The first-order chi connectivity index (χ1) is 13.0. The number of carbonyl (C=O) groups excluding carboxylic acids is 1. The zero-order valence-electron chi connectivity index (χ0n) is 15.5. The molecule has 1 aliphatic heterocycles. The molecule has 0 bridgehead atoms. The van der Waals surface area contributed by atoms with Crippen molar-refractivity contribution in [1.29, 1.82) is 0 Å². The van der Waals surface area contributed by atoms with Gasteiger partial charge in [0.25, 0.3) is 5.91 Å². The van der Waals surface area contributed by atoms with Crippen LogP contribution in [0.1, 0.15) is 0 Å². The second-order valence-electron chi connectivity index (χ2n) is 5.95. The summed E-state index contributed by atoms with van der Waals surface area (Å²) in [6.07, 6.45) is 0. The molecule has 0 aliphatic carbocycles. The maximum Gasteiger partial charge on any atom is 0.257 e. The van der Waals surface area contributed by atoms with Crippen molar-refractivity contribution in [3.05, 3.63) is 24.3 Å². The summed E-state index contributed by atoms with van der Waals surface area (Å²) in [6.45, 7) is 4.90. The van der Waals surface area contributed by atoms with E-state index in [1.165, 1.54) is 31.4 Å². The lowest BCUT2D eigenvalue weighted by molar-refractivity contribution is -0.123. The van der Waals surface area contributed by atoms with E-state index < -0.39 is 10.0 Å². The van der Waals surface area contributed by atoms with Gasteiger partial charge in [-0.05, 0) is 24.3 Å². The highest BCUT2D eigenvalue weighted by molar-refractivity contribution is 7.89. The lowest BCUT2D eigenvalue weighted by atomic mass is 10.3. The van der Waals surface area contributed by atoms with Gasteiger partial charge in [-0.1, -0.05) is 0 Å². The van der Waals surface area contributed by atoms with E-state index in [0.717, 1.165) is 32.8 Å². The number of carbonyl (C=O) groups is 1. The van der Waals surface area contributed by atoms with Gasteiger partial charge in [0.05, 0.1) is 24.7 Å². The first-order valence-corrected chi connectivity index (χ1v) is 10.3. The predicted molar refractivity (Wildman–Crippen MR) is 99.3 cm³/mol. The minimum Gasteiger partial charge on any atom is -0.484 e. The van der Waals surface area contributed by atoms with Crippen LogP contribution in [0.25, 0.3) is 0 Å². The van der Waals surface area contributed by atoms with Crippen molar-refractivity contribution in [3.63, 3.8) is 0 Å². The number of hydrogen-bond donors (Lipinski definition) is 2. The molecule has 1 amide bonds. The summed E-state index contributed by atoms with van der Waals surface area (Å²) < 4.78 is 42.0. The number of morpholine rings is 1. The summed E-state index contributed by atoms with van der Waals surface area (Å²) in [7, 11) is -2.08. The highest BCUT2D eigenvalue weighted by atomic mass is 32.2. The van der Waals surface area contributed by atoms with Gasteiger partial charge in [0, 0.05) is 39.8 Å². The fraction of sp³-hybridized carbons (Fsp3) is 0.588. The quantitative estimate of drug-likeness (QED) is 0.479. The molecule has 1 fully saturated rings. The molecule has 27 heavy (non-hydrogen) atoms. The highest BCUT2D eigenvalue weighted by Crippen LogP contribution is 2.15. The van der Waals surface area contributed by atoms with Gasteiger partial charge in [0.1, 0.15) is 5.75 Å². The Hall–Kier alpha value is -1.72. The van der Waals surface area contributed by atoms with Crippen molar-refractivity contribution in [2.24, 2.45) is 0 Å². The molecule has 0 radical (unpaired) electrons. The van der Waals surface area contributed by atoms with Crippen LogP contribution < -0.4 is 14.8 Å². The summed E-state index contributed by atoms with van der Waals surface area (Å²) in [5, 5.41) is 2.80. The Labute approximate surface area is 160 Å². The first-order valence-electron chi connectivity index (χ1n) is 8.79. The SMILES string of the molecule is COCCNS(=O)(=O)c1ccc(OCC(=O)NCCN2CCOCC2)cc1. The normalized spacial score (nSPS) is 15.4. The number of nitrogens with one attached hydrogen (secondary N) is 2. The van der Waals surface area contributed by atoms with Crippen molar-refractivity contribution < 1.29 is 27.4 Å². The van der Waals surface area contributed by atoms with Crippen LogP contribution in [0.2, 0.25) is 0 Å². The Morgan fingerprint density at radius 1 is 1.19 bits per heavy atom. The van der Waals surface area contributed by atoms with Crippen LogP contribution >= 0.6 is 0 Å². The molecule has 10 heteroatoms. The maximum atomic E-state index is 12.0. The van der Waals surface area contributed by atoms with Crippen LogP contribution in [-0.2, 0) is 24.3 Å². The van der Waals surface area contributed by atoms with Crippen molar-refractivity contribution >= 4 is 15.9 Å². The van der Waals surface area contributed by atoms with Crippen molar-refractivity contribution in [2.75, 3.05) is 66.3 Å². The standard InChI is InChI=1S/C17H27N3O6S/c1-24-11-7-19-27(22,23)16-4-2-15(3-5-16)26-14-17(21)18-6-8-20-9-12-25-13-10-20/h2-5,19H,6-14H2,1H3,(H,18,21). The number of methoxy groups -OCH3 is 1. The molecule has 0 aromatic heterocycles. The molecule has 152 valence electrons. The Morgan fingerprint density at radius 2 is 1.89 bits per heavy atom. The number of nitrogens with zero attached hydrogens (tertiary/aromatic N) is 1. The fourth-order valence-electron chi connectivity index (χ4n) is 2.45. The van der Waals surface area contributed by atoms with E-state index in [2.05, 4.69) is 14.9 Å². The Bertz CT molecular complexity index is 674. The van der Waals surface area contributed by atoms with E-state index in [1.807, 2.05) is 0 Å². The number of sulfonamides is 1. The molecule has 1 heterocycles. The first kappa shape index (κ1) is 21.6. The van der Waals surface area contributed by atoms with Crippen LogP contribution in [-0.4, -0.2) is 85.5 Å². The van der Waals surface area contributed by atoms with Crippen molar-refractivity contribution in [3.8, 4) is 5.75 Å². The lowest BCUT2D eigenvalue weighted by Gasteiger charge is -2.26. The molecule has 0 atom stereocenters. The fourth-order valence-corrected chi connectivity index (χ4v) is 3.47. The van der Waals surface area contributed by atoms with Gasteiger partial charge in [0.15, 0.2) is 6.61 Å². The summed E-state index contributed by atoms with van der Waals surface area (Å²) in [4.78, 5) is 14.2.